The maximum atomic E-state index is 12.1. The van der Waals surface area contributed by atoms with Gasteiger partial charge in [-0.15, -0.1) is 11.3 Å². The van der Waals surface area contributed by atoms with E-state index < -0.39 is 10.0 Å². The fourth-order valence-electron chi connectivity index (χ4n) is 1.26. The Labute approximate surface area is 117 Å². The zero-order valence-electron chi connectivity index (χ0n) is 9.34. The number of sulfonamides is 1. The van der Waals surface area contributed by atoms with Crippen LogP contribution in [0.25, 0.3) is 0 Å². The van der Waals surface area contributed by atoms with Crippen LogP contribution in [0.2, 0.25) is 0 Å². The van der Waals surface area contributed by atoms with Crippen molar-refractivity contribution in [2.75, 3.05) is 10.5 Å². The Morgan fingerprint density at radius 3 is 2.72 bits per heavy atom. The van der Waals surface area contributed by atoms with Crippen LogP contribution in [-0.4, -0.2) is 13.4 Å². The summed E-state index contributed by atoms with van der Waals surface area (Å²) in [7, 11) is -3.59. The zero-order valence-corrected chi connectivity index (χ0v) is 12.6. The van der Waals surface area contributed by atoms with Gasteiger partial charge in [0.25, 0.3) is 10.0 Å². The Bertz CT molecular complexity index is 682. The lowest BCUT2D eigenvalue weighted by molar-refractivity contribution is 0.603. The third-order valence-electron chi connectivity index (χ3n) is 2.07. The molecular formula is C10H10BrN3O2S2. The molecule has 0 atom stereocenters. The molecule has 96 valence electrons. The molecule has 2 rings (SSSR count). The molecule has 0 amide bonds. The zero-order chi connectivity index (χ0) is 13.3. The van der Waals surface area contributed by atoms with Crippen molar-refractivity contribution >= 4 is 48.8 Å². The lowest BCUT2D eigenvalue weighted by Gasteiger charge is -2.07. The van der Waals surface area contributed by atoms with E-state index in [-0.39, 0.29) is 10.0 Å². The summed E-state index contributed by atoms with van der Waals surface area (Å²) in [6.45, 7) is 1.85. The summed E-state index contributed by atoms with van der Waals surface area (Å²) in [6.07, 6.45) is 1.39. The fraction of sp³-hybridized carbons (Fsp3) is 0.100. The van der Waals surface area contributed by atoms with Crippen LogP contribution in [0.3, 0.4) is 0 Å². The van der Waals surface area contributed by atoms with Crippen LogP contribution in [0, 0.1) is 6.92 Å². The Kier molecular flexibility index (Phi) is 3.60. The van der Waals surface area contributed by atoms with E-state index in [4.69, 9.17) is 5.73 Å². The average Bonchev–Trinajstić information content (AvgIpc) is 2.70. The van der Waals surface area contributed by atoms with Crippen LogP contribution in [0.15, 0.2) is 33.1 Å². The van der Waals surface area contributed by atoms with Gasteiger partial charge in [0.15, 0.2) is 5.82 Å². The largest absolute Gasteiger partial charge is 0.397 e. The molecule has 0 aliphatic carbocycles. The van der Waals surface area contributed by atoms with Gasteiger partial charge in [0.05, 0.1) is 16.4 Å². The maximum absolute atomic E-state index is 12.1. The first-order valence-electron chi connectivity index (χ1n) is 4.89. The van der Waals surface area contributed by atoms with Gasteiger partial charge in [-0.1, -0.05) is 0 Å². The van der Waals surface area contributed by atoms with E-state index >= 15 is 0 Å². The number of nitrogens with two attached hydrogens (primary N) is 1. The minimum Gasteiger partial charge on any atom is -0.397 e. The van der Waals surface area contributed by atoms with Crippen LogP contribution >= 0.6 is 27.3 Å². The van der Waals surface area contributed by atoms with E-state index in [1.165, 1.54) is 17.5 Å². The number of nitrogen functional groups attached to an aromatic ring is 1. The van der Waals surface area contributed by atoms with E-state index in [9.17, 15) is 8.42 Å². The van der Waals surface area contributed by atoms with Crippen LogP contribution in [0.5, 0.6) is 0 Å². The second kappa shape index (κ2) is 4.87. The number of thiophene rings is 1. The molecule has 0 aliphatic rings. The highest BCUT2D eigenvalue weighted by atomic mass is 79.9. The van der Waals surface area contributed by atoms with Crippen molar-refractivity contribution in [3.63, 3.8) is 0 Å². The molecule has 0 spiro atoms. The van der Waals surface area contributed by atoms with Gasteiger partial charge >= 0.3 is 0 Å². The number of nitrogens with one attached hydrogen (secondary N) is 1. The van der Waals surface area contributed by atoms with Gasteiger partial charge in [-0.3, -0.25) is 4.72 Å². The van der Waals surface area contributed by atoms with Crippen molar-refractivity contribution < 1.29 is 8.42 Å². The number of halogens is 1. The summed E-state index contributed by atoms with van der Waals surface area (Å²) in [5.74, 6) is 0.218. The third kappa shape index (κ3) is 2.82. The SMILES string of the molecule is Cc1ccc(S(=O)(=O)Nc2ncc(N)cc2Br)s1. The van der Waals surface area contributed by atoms with Crippen molar-refractivity contribution in [3.05, 3.63) is 33.7 Å². The quantitative estimate of drug-likeness (QED) is 0.893. The Morgan fingerprint density at radius 2 is 2.17 bits per heavy atom. The molecule has 0 bridgehead atoms. The molecule has 0 unspecified atom stereocenters. The number of aromatic nitrogens is 1. The third-order valence-corrected chi connectivity index (χ3v) is 5.51. The van der Waals surface area contributed by atoms with E-state index in [1.54, 1.807) is 18.2 Å². The molecule has 0 saturated carbocycles. The summed E-state index contributed by atoms with van der Waals surface area (Å²) < 4.78 is 27.3. The molecule has 2 aromatic heterocycles. The van der Waals surface area contributed by atoms with E-state index in [1.807, 2.05) is 6.92 Å². The smallest absolute Gasteiger partial charge is 0.272 e. The fourth-order valence-corrected chi connectivity index (χ4v) is 4.17. The van der Waals surface area contributed by atoms with Crippen molar-refractivity contribution in [2.45, 2.75) is 11.1 Å². The molecule has 0 radical (unpaired) electrons. The number of hydrogen-bond donors (Lipinski definition) is 2. The normalized spacial score (nSPS) is 11.4. The highest BCUT2D eigenvalue weighted by molar-refractivity contribution is 9.10. The van der Waals surface area contributed by atoms with Gasteiger partial charge < -0.3 is 5.73 Å². The number of rotatable bonds is 3. The summed E-state index contributed by atoms with van der Waals surface area (Å²) in [5.41, 5.74) is 5.99. The second-order valence-electron chi connectivity index (χ2n) is 3.57. The first-order chi connectivity index (χ1) is 8.38. The van der Waals surface area contributed by atoms with Gasteiger partial charge in [-0.2, -0.15) is 0 Å². The predicted molar refractivity (Wildman–Crippen MR) is 76.2 cm³/mol. The number of aryl methyl sites for hydroxylation is 1. The summed E-state index contributed by atoms with van der Waals surface area (Å²) in [4.78, 5) is 4.87. The standard InChI is InChI=1S/C10H10BrN3O2S2/c1-6-2-3-9(17-6)18(15,16)14-10-8(11)4-7(12)5-13-10/h2-5H,12H2,1H3,(H,13,14). The van der Waals surface area contributed by atoms with E-state index in [0.717, 1.165) is 4.88 Å². The van der Waals surface area contributed by atoms with Crippen LogP contribution < -0.4 is 10.5 Å². The molecule has 0 fully saturated rings. The summed E-state index contributed by atoms with van der Waals surface area (Å²) >= 11 is 4.42. The molecule has 2 heterocycles. The van der Waals surface area contributed by atoms with Gasteiger partial charge in [0, 0.05) is 4.88 Å². The number of hydrogen-bond acceptors (Lipinski definition) is 5. The topological polar surface area (TPSA) is 85.1 Å². The molecule has 0 aromatic carbocycles. The predicted octanol–water partition coefficient (Wildman–Crippen LogP) is 2.60. The van der Waals surface area contributed by atoms with Gasteiger partial charge in [-0.25, -0.2) is 13.4 Å². The molecule has 2 aromatic rings. The molecule has 5 nitrogen and oxygen atoms in total. The minimum atomic E-state index is -3.59. The minimum absolute atomic E-state index is 0.218. The van der Waals surface area contributed by atoms with E-state index in [0.29, 0.717) is 10.2 Å². The molecule has 18 heavy (non-hydrogen) atoms. The van der Waals surface area contributed by atoms with Crippen LogP contribution in [-0.2, 0) is 10.0 Å². The number of anilines is 2. The molecule has 8 heteroatoms. The Hall–Kier alpha value is -1.12. The van der Waals surface area contributed by atoms with Crippen molar-refractivity contribution in [3.8, 4) is 0 Å². The molecule has 3 N–H and O–H groups in total. The Balaban J connectivity index is 2.33. The monoisotopic (exact) mass is 347 g/mol. The van der Waals surface area contributed by atoms with Crippen LogP contribution in [0.1, 0.15) is 4.88 Å². The number of nitrogens with zero attached hydrogens (tertiary/aromatic N) is 1. The van der Waals surface area contributed by atoms with E-state index in [2.05, 4.69) is 25.6 Å². The maximum Gasteiger partial charge on any atom is 0.272 e. The van der Waals surface area contributed by atoms with Gasteiger partial charge in [0.2, 0.25) is 0 Å². The molecular weight excluding hydrogens is 338 g/mol. The Morgan fingerprint density at radius 1 is 1.44 bits per heavy atom. The summed E-state index contributed by atoms with van der Waals surface area (Å²) in [5, 5.41) is 0. The average molecular weight is 348 g/mol. The second-order valence-corrected chi connectivity index (χ2v) is 7.62. The molecule has 0 aliphatic heterocycles. The van der Waals surface area contributed by atoms with Crippen molar-refractivity contribution in [1.29, 1.82) is 0 Å². The highest BCUT2D eigenvalue weighted by Gasteiger charge is 2.18. The van der Waals surface area contributed by atoms with Crippen molar-refractivity contribution in [2.24, 2.45) is 0 Å². The van der Waals surface area contributed by atoms with Gasteiger partial charge in [0.1, 0.15) is 4.21 Å². The van der Waals surface area contributed by atoms with Crippen LogP contribution in [0.4, 0.5) is 11.5 Å². The first kappa shape index (κ1) is 13.3. The summed E-state index contributed by atoms with van der Waals surface area (Å²) in [6, 6.07) is 4.91. The lowest BCUT2D eigenvalue weighted by atomic mass is 10.4. The lowest BCUT2D eigenvalue weighted by Crippen LogP contribution is -2.13. The highest BCUT2D eigenvalue weighted by Crippen LogP contribution is 2.27. The van der Waals surface area contributed by atoms with Crippen molar-refractivity contribution in [1.82, 2.24) is 4.98 Å². The van der Waals surface area contributed by atoms with Gasteiger partial charge in [-0.05, 0) is 41.1 Å². The first-order valence-corrected chi connectivity index (χ1v) is 7.98. The molecule has 0 saturated heterocycles. The number of pyridine rings is 1.